The van der Waals surface area contributed by atoms with E-state index in [1.54, 1.807) is 23.1 Å². The molecule has 0 amide bonds. The summed E-state index contributed by atoms with van der Waals surface area (Å²) < 4.78 is 37.1. The fourth-order valence-electron chi connectivity index (χ4n) is 7.04. The Hall–Kier alpha value is -5.95. The predicted octanol–water partition coefficient (Wildman–Crippen LogP) is 7.82. The van der Waals surface area contributed by atoms with Gasteiger partial charge in [-0.3, -0.25) is 4.57 Å². The fourth-order valence-corrected chi connectivity index (χ4v) is 7.04. The lowest BCUT2D eigenvalue weighted by Crippen LogP contribution is -2.20. The van der Waals surface area contributed by atoms with E-state index in [9.17, 15) is 0 Å². The summed E-state index contributed by atoms with van der Waals surface area (Å²) in [5.74, 6) is 1.78. The van der Waals surface area contributed by atoms with Gasteiger partial charge in [0.1, 0.15) is 29.5 Å². The van der Waals surface area contributed by atoms with Gasteiger partial charge in [0.25, 0.3) is 0 Å². The molecule has 4 aromatic heterocycles. The van der Waals surface area contributed by atoms with Crippen LogP contribution in [-0.4, -0.2) is 42.5 Å². The molecule has 11 nitrogen and oxygen atoms in total. The normalized spacial score (nSPS) is 15.3. The van der Waals surface area contributed by atoms with Crippen molar-refractivity contribution in [2.24, 2.45) is 0 Å². The molecule has 12 heteroatoms. The number of aryl methyl sites for hydroxylation is 1. The van der Waals surface area contributed by atoms with Crippen LogP contribution >= 0.6 is 0 Å². The van der Waals surface area contributed by atoms with Crippen LogP contribution in [0.2, 0.25) is 0 Å². The lowest BCUT2D eigenvalue weighted by molar-refractivity contribution is -0.0459. The minimum Gasteiger partial charge on any atom is -0.488 e. The highest BCUT2D eigenvalue weighted by Crippen LogP contribution is 2.38. The molecule has 9 rings (SSSR count). The fraction of sp³-hybridized carbons (Fsp3) is 0.238. The van der Waals surface area contributed by atoms with Crippen molar-refractivity contribution in [3.8, 4) is 28.6 Å². The first kappa shape index (κ1) is 35.1. The van der Waals surface area contributed by atoms with Crippen molar-refractivity contribution in [3.63, 3.8) is 0 Å². The van der Waals surface area contributed by atoms with Gasteiger partial charge in [-0.25, -0.2) is 24.0 Å². The number of aromatic nitrogens is 6. The van der Waals surface area contributed by atoms with Crippen LogP contribution in [0, 0.1) is 5.82 Å². The van der Waals surface area contributed by atoms with E-state index >= 15 is 4.39 Å². The number of ether oxygens (including phenoxy) is 3. The Balaban J connectivity index is 0.00000203. The van der Waals surface area contributed by atoms with Crippen molar-refractivity contribution in [3.05, 3.63) is 143 Å². The molecule has 0 bridgehead atoms. The zero-order chi connectivity index (χ0) is 37.0. The van der Waals surface area contributed by atoms with Crippen molar-refractivity contribution in [2.75, 3.05) is 18.9 Å². The van der Waals surface area contributed by atoms with Gasteiger partial charge in [-0.1, -0.05) is 50.2 Å². The molecule has 1 unspecified atom stereocenters. The molecule has 2 aliphatic rings. The first-order valence-corrected chi connectivity index (χ1v) is 18.3. The maximum Gasteiger partial charge on any atom is 0.187 e. The summed E-state index contributed by atoms with van der Waals surface area (Å²) in [6.07, 6.45) is 6.36. The van der Waals surface area contributed by atoms with E-state index in [0.717, 1.165) is 29.6 Å². The number of pyridine rings is 2. The summed E-state index contributed by atoms with van der Waals surface area (Å²) in [4.78, 5) is 14.3. The molecule has 0 radical (unpaired) electrons. The number of halogens is 1. The number of benzene rings is 3. The Morgan fingerprint density at radius 3 is 2.56 bits per heavy atom. The number of hydrogen-bond donors (Lipinski definition) is 2. The van der Waals surface area contributed by atoms with Gasteiger partial charge in [-0.15, -0.1) is 0 Å². The zero-order valence-corrected chi connectivity index (χ0v) is 30.2. The maximum atomic E-state index is 15.6. The largest absolute Gasteiger partial charge is 0.488 e. The van der Waals surface area contributed by atoms with Crippen LogP contribution in [0.25, 0.3) is 34.1 Å². The molecule has 1 aliphatic heterocycles. The van der Waals surface area contributed by atoms with E-state index in [0.29, 0.717) is 71.9 Å². The molecule has 1 atom stereocenters. The second kappa shape index (κ2) is 15.6. The van der Waals surface area contributed by atoms with Gasteiger partial charge in [0, 0.05) is 48.5 Å². The monoisotopic (exact) mass is 724 g/mol. The van der Waals surface area contributed by atoms with Gasteiger partial charge in [-0.05, 0) is 78.1 Å². The van der Waals surface area contributed by atoms with E-state index < -0.39 is 6.29 Å². The standard InChI is InChI=1S/C40H35FN8O3.C2H6/c41-32-22-35(52-24-25-6-2-1-3-7-25)31(40-50-18-19-51-40)21-27(32)23-44-33-12-9-26-20-28(10-11-29(26)33)49-38(30-8-4-15-43-37(30)42)46-34-13-14-36(47-39(34)49)48-17-5-16-45-48;1-2/h1-8,10-11,13-17,20-22,33,40,44H,9,12,18-19,23-24H2,(H2,42,43);1-2H3. The average molecular weight is 725 g/mol. The van der Waals surface area contributed by atoms with Gasteiger partial charge in [0.05, 0.1) is 24.3 Å². The Labute approximate surface area is 312 Å². The van der Waals surface area contributed by atoms with Gasteiger partial charge in [-0.2, -0.15) is 5.10 Å². The minimum atomic E-state index is -0.605. The second-order valence-electron chi connectivity index (χ2n) is 12.9. The van der Waals surface area contributed by atoms with Crippen molar-refractivity contribution < 1.29 is 18.6 Å². The third kappa shape index (κ3) is 6.94. The van der Waals surface area contributed by atoms with E-state index in [1.165, 1.54) is 17.2 Å². The van der Waals surface area contributed by atoms with Crippen molar-refractivity contribution in [1.82, 2.24) is 34.6 Å². The summed E-state index contributed by atoms with van der Waals surface area (Å²) in [5, 5.41) is 7.98. The first-order valence-electron chi connectivity index (χ1n) is 18.3. The van der Waals surface area contributed by atoms with Crippen molar-refractivity contribution in [2.45, 2.75) is 52.2 Å². The molecule has 0 saturated carbocycles. The number of hydrogen-bond acceptors (Lipinski definition) is 9. The second-order valence-corrected chi connectivity index (χ2v) is 12.9. The van der Waals surface area contributed by atoms with Gasteiger partial charge in [0.15, 0.2) is 23.6 Å². The molecule has 54 heavy (non-hydrogen) atoms. The Morgan fingerprint density at radius 2 is 1.76 bits per heavy atom. The highest BCUT2D eigenvalue weighted by Gasteiger charge is 2.27. The van der Waals surface area contributed by atoms with Crippen LogP contribution in [0.5, 0.6) is 5.75 Å². The topological polar surface area (TPSA) is 127 Å². The van der Waals surface area contributed by atoms with E-state index in [4.69, 9.17) is 29.9 Å². The highest BCUT2D eigenvalue weighted by molar-refractivity contribution is 5.83. The number of anilines is 1. The average Bonchev–Trinajstić information content (AvgIpc) is 4.05. The summed E-state index contributed by atoms with van der Waals surface area (Å²) in [7, 11) is 0. The van der Waals surface area contributed by atoms with Crippen LogP contribution in [-0.2, 0) is 29.0 Å². The Bertz CT molecular complexity index is 2380. The number of rotatable bonds is 10. The number of imidazole rings is 1. The minimum absolute atomic E-state index is 0.0393. The van der Waals surface area contributed by atoms with Gasteiger partial charge >= 0.3 is 0 Å². The lowest BCUT2D eigenvalue weighted by Gasteiger charge is -2.19. The smallest absolute Gasteiger partial charge is 0.187 e. The number of nitrogens with two attached hydrogens (primary N) is 1. The molecule has 0 spiro atoms. The SMILES string of the molecule is CC.Nc1ncccc1-c1nc2ccc(-n3cccn3)nc2n1-c1ccc2c(c1)CCC2NCc1cc(C2OCCO2)c(OCc2ccccc2)cc1F. The van der Waals surface area contributed by atoms with Crippen molar-refractivity contribution in [1.29, 1.82) is 0 Å². The van der Waals surface area contributed by atoms with Gasteiger partial charge in [0.2, 0.25) is 0 Å². The van der Waals surface area contributed by atoms with Crippen LogP contribution in [0.3, 0.4) is 0 Å². The van der Waals surface area contributed by atoms with E-state index in [1.807, 2.05) is 85.3 Å². The first-order chi connectivity index (χ1) is 26.6. The molecule has 3 aromatic carbocycles. The summed E-state index contributed by atoms with van der Waals surface area (Å²) in [5.41, 5.74) is 14.0. The summed E-state index contributed by atoms with van der Waals surface area (Å²) >= 11 is 0. The number of nitrogens with zero attached hydrogens (tertiary/aromatic N) is 6. The van der Waals surface area contributed by atoms with Crippen LogP contribution in [0.4, 0.5) is 10.2 Å². The Morgan fingerprint density at radius 1 is 0.907 bits per heavy atom. The molecule has 3 N–H and O–H groups in total. The zero-order valence-electron chi connectivity index (χ0n) is 30.2. The molecule has 274 valence electrons. The predicted molar refractivity (Wildman–Crippen MR) is 205 cm³/mol. The highest BCUT2D eigenvalue weighted by atomic mass is 19.1. The van der Waals surface area contributed by atoms with E-state index in [-0.39, 0.29) is 11.9 Å². The van der Waals surface area contributed by atoms with Crippen LogP contribution in [0.15, 0.2) is 110 Å². The molecule has 5 heterocycles. The molecule has 1 aliphatic carbocycles. The van der Waals surface area contributed by atoms with Crippen molar-refractivity contribution >= 4 is 17.0 Å². The third-order valence-corrected chi connectivity index (χ3v) is 9.60. The maximum absolute atomic E-state index is 15.6. The van der Waals surface area contributed by atoms with Crippen LogP contribution < -0.4 is 15.8 Å². The quantitative estimate of drug-likeness (QED) is 0.145. The molecule has 1 saturated heterocycles. The number of nitrogens with one attached hydrogen (secondary N) is 1. The number of nitrogen functional groups attached to an aromatic ring is 1. The Kier molecular flexibility index (Phi) is 10.1. The third-order valence-electron chi connectivity index (χ3n) is 9.60. The van der Waals surface area contributed by atoms with E-state index in [2.05, 4.69) is 33.6 Å². The number of fused-ring (bicyclic) bond motifs is 2. The molecular weight excluding hydrogens is 684 g/mol. The molecule has 7 aromatic rings. The molecular formula is C42H41FN8O3. The summed E-state index contributed by atoms with van der Waals surface area (Å²) in [6.45, 7) is 5.59. The lowest BCUT2D eigenvalue weighted by atomic mass is 10.1. The van der Waals surface area contributed by atoms with Gasteiger partial charge < -0.3 is 25.3 Å². The summed E-state index contributed by atoms with van der Waals surface area (Å²) in [6, 6.07) is 28.9. The van der Waals surface area contributed by atoms with Crippen LogP contribution in [0.1, 0.15) is 60.4 Å². The molecule has 1 fully saturated rings.